The van der Waals surface area contributed by atoms with Gasteiger partial charge in [-0.1, -0.05) is 48.5 Å². The van der Waals surface area contributed by atoms with Crippen LogP contribution in [0.3, 0.4) is 0 Å². The second kappa shape index (κ2) is 20.3. The molecule has 6 aromatic rings. The summed E-state index contributed by atoms with van der Waals surface area (Å²) in [6.07, 6.45) is 3.10. The van der Waals surface area contributed by atoms with Gasteiger partial charge in [0.2, 0.25) is 0 Å². The summed E-state index contributed by atoms with van der Waals surface area (Å²) in [6.45, 7) is 2.37. The van der Waals surface area contributed by atoms with Gasteiger partial charge in [-0.15, -0.1) is 0 Å². The maximum Gasteiger partial charge on any atom is 0.330 e. The Hall–Kier alpha value is -6.90. The number of aryl methyl sites for hydroxylation is 1. The largest absolute Gasteiger partial charge is 0.466 e. The fraction of sp³-hybridized carbons (Fsp3) is 0.316. The van der Waals surface area contributed by atoms with E-state index in [-0.39, 0.29) is 67.0 Å². The summed E-state index contributed by atoms with van der Waals surface area (Å²) in [4.78, 5) is 69.8. The highest BCUT2D eigenvalue weighted by Gasteiger charge is 2.17. The molecule has 0 spiro atoms. The van der Waals surface area contributed by atoms with Crippen LogP contribution >= 0.6 is 0 Å². The van der Waals surface area contributed by atoms with Gasteiger partial charge in [0.15, 0.2) is 28.7 Å². The molecule has 4 aromatic heterocycles. The minimum absolute atomic E-state index is 0.0612. The summed E-state index contributed by atoms with van der Waals surface area (Å²) in [7, 11) is 4.37. The van der Waals surface area contributed by atoms with Crippen LogP contribution in [0.5, 0.6) is 12.0 Å². The van der Waals surface area contributed by atoms with Gasteiger partial charge in [-0.3, -0.25) is 13.9 Å². The summed E-state index contributed by atoms with van der Waals surface area (Å²) in [6, 6.07) is 15.4. The number of fused-ring (bicyclic) bond motifs is 2. The number of carbonyl (C=O) groups is 2. The van der Waals surface area contributed by atoms with Crippen LogP contribution in [0.2, 0.25) is 0 Å². The molecule has 306 valence electrons. The number of aromatic amines is 2. The summed E-state index contributed by atoms with van der Waals surface area (Å²) in [5.74, 6) is -0.465. The molecule has 8 N–H and O–H groups in total. The fourth-order valence-electron chi connectivity index (χ4n) is 5.45. The molecule has 0 unspecified atom stereocenters. The summed E-state index contributed by atoms with van der Waals surface area (Å²) in [5, 5.41) is 0. The number of ether oxygens (including phenoxy) is 5. The molecule has 58 heavy (non-hydrogen) atoms. The van der Waals surface area contributed by atoms with Crippen molar-refractivity contribution in [2.45, 2.75) is 32.5 Å². The number of esters is 1. The summed E-state index contributed by atoms with van der Waals surface area (Å²) in [5.41, 5.74) is 22.0. The lowest BCUT2D eigenvalue weighted by atomic mass is 10.1. The van der Waals surface area contributed by atoms with Crippen molar-refractivity contribution in [2.24, 2.45) is 5.73 Å². The van der Waals surface area contributed by atoms with Crippen molar-refractivity contribution in [2.75, 3.05) is 59.2 Å². The molecule has 20 heteroatoms. The number of nitrogen functional groups attached to an aromatic ring is 2. The monoisotopic (exact) mass is 799 g/mol. The van der Waals surface area contributed by atoms with Crippen molar-refractivity contribution < 1.29 is 33.3 Å². The predicted octanol–water partition coefficient (Wildman–Crippen LogP) is 1.24. The molecule has 0 aliphatic rings. The van der Waals surface area contributed by atoms with Gasteiger partial charge < -0.3 is 50.9 Å². The number of H-pyrrole nitrogens is 2. The number of anilines is 2. The third-order valence-corrected chi connectivity index (χ3v) is 8.53. The van der Waals surface area contributed by atoms with E-state index in [1.165, 1.54) is 22.3 Å². The number of nitrogens with one attached hydrogen (secondary N) is 2. The number of nitrogens with two attached hydrogens (primary N) is 3. The van der Waals surface area contributed by atoms with Gasteiger partial charge in [-0.05, 0) is 34.8 Å². The van der Waals surface area contributed by atoms with Crippen LogP contribution < -0.4 is 38.1 Å². The smallest absolute Gasteiger partial charge is 0.330 e. The lowest BCUT2D eigenvalue weighted by Gasteiger charge is -2.07. The zero-order chi connectivity index (χ0) is 41.6. The zero-order valence-corrected chi connectivity index (χ0v) is 32.2. The molecule has 0 amide bonds. The van der Waals surface area contributed by atoms with E-state index in [4.69, 9.17) is 36.1 Å². The molecule has 6 rings (SSSR count). The van der Waals surface area contributed by atoms with Gasteiger partial charge >= 0.3 is 29.4 Å². The summed E-state index contributed by atoms with van der Waals surface area (Å²) < 4.78 is 28.1. The Bertz CT molecular complexity index is 2470. The minimum atomic E-state index is -0.569. The van der Waals surface area contributed by atoms with Crippen LogP contribution in [-0.2, 0) is 49.9 Å². The number of nitrogens with zero attached hydrogens (tertiary/aromatic N) is 6. The third-order valence-electron chi connectivity index (χ3n) is 8.53. The third kappa shape index (κ3) is 11.1. The molecule has 20 nitrogen and oxygen atoms in total. The van der Waals surface area contributed by atoms with E-state index in [0.29, 0.717) is 55.1 Å². The van der Waals surface area contributed by atoms with Gasteiger partial charge in [-0.25, -0.2) is 14.4 Å². The highest BCUT2D eigenvalue weighted by Crippen LogP contribution is 2.20. The maximum absolute atomic E-state index is 12.5. The van der Waals surface area contributed by atoms with Crippen molar-refractivity contribution >= 4 is 45.7 Å². The molecule has 0 saturated carbocycles. The maximum atomic E-state index is 12.5. The van der Waals surface area contributed by atoms with E-state index >= 15 is 0 Å². The topological polar surface area (TPSA) is 285 Å². The number of rotatable bonds is 18. The molecule has 0 atom stereocenters. The van der Waals surface area contributed by atoms with Crippen LogP contribution in [0, 0.1) is 0 Å². The number of hydrogen-bond acceptors (Lipinski definition) is 16. The van der Waals surface area contributed by atoms with E-state index in [1.807, 2.05) is 48.5 Å². The average molecular weight is 800 g/mol. The minimum Gasteiger partial charge on any atom is -0.466 e. The first-order valence-electron chi connectivity index (χ1n) is 17.9. The Morgan fingerprint density at radius 2 is 1.10 bits per heavy atom. The Morgan fingerprint density at radius 3 is 1.53 bits per heavy atom. The highest BCUT2D eigenvalue weighted by molar-refractivity contribution is 5.95. The Balaban J connectivity index is 0.000000229. The molecule has 0 radical (unpaired) electrons. The quantitative estimate of drug-likeness (QED) is 0.0464. The van der Waals surface area contributed by atoms with Gasteiger partial charge in [0.05, 0.1) is 33.4 Å². The molecular weight excluding hydrogens is 754 g/mol. The molecule has 0 aliphatic heterocycles. The lowest BCUT2D eigenvalue weighted by molar-refractivity contribution is -0.135. The van der Waals surface area contributed by atoms with Crippen molar-refractivity contribution in [1.29, 1.82) is 0 Å². The van der Waals surface area contributed by atoms with E-state index < -0.39 is 5.97 Å². The van der Waals surface area contributed by atoms with Gasteiger partial charge in [0.25, 0.3) is 0 Å². The second-order valence-electron chi connectivity index (χ2n) is 12.6. The molecular formula is C38H45N11O9. The first-order chi connectivity index (χ1) is 28.0. The average Bonchev–Trinajstić information content (AvgIpc) is 3.72. The number of aromatic nitrogens is 8. The molecule has 4 heterocycles. The van der Waals surface area contributed by atoms with Crippen molar-refractivity contribution in [3.63, 3.8) is 0 Å². The van der Waals surface area contributed by atoms with Crippen LogP contribution in [0.4, 0.5) is 11.6 Å². The molecule has 2 aromatic carbocycles. The van der Waals surface area contributed by atoms with Gasteiger partial charge in [0, 0.05) is 33.3 Å². The zero-order valence-electron chi connectivity index (χ0n) is 32.2. The molecule has 0 fully saturated rings. The number of carbonyl (C=O) groups excluding carboxylic acids is 2. The van der Waals surface area contributed by atoms with Gasteiger partial charge in [0.1, 0.15) is 24.2 Å². The van der Waals surface area contributed by atoms with Crippen molar-refractivity contribution in [1.82, 2.24) is 39.0 Å². The second-order valence-corrected chi connectivity index (χ2v) is 12.6. The van der Waals surface area contributed by atoms with Gasteiger partial charge in [-0.2, -0.15) is 19.9 Å². The van der Waals surface area contributed by atoms with Crippen molar-refractivity contribution in [3.8, 4) is 12.0 Å². The highest BCUT2D eigenvalue weighted by atomic mass is 16.5. The predicted molar refractivity (Wildman–Crippen MR) is 213 cm³/mol. The van der Waals surface area contributed by atoms with Crippen LogP contribution in [0.15, 0.2) is 70.3 Å². The Morgan fingerprint density at radius 1 is 0.655 bits per heavy atom. The summed E-state index contributed by atoms with van der Waals surface area (Å²) >= 11 is 0. The first-order valence-corrected chi connectivity index (χ1v) is 17.9. The van der Waals surface area contributed by atoms with Crippen LogP contribution in [-0.4, -0.2) is 98.5 Å². The SMILES string of the molecule is COCCOc1nc(N)c2[nH]c(=O)n(Cc3ccc(CCC(=O)/C=C/C(=O)OC)cc3)c2n1.COCCOc1nc(N)c2[nH]c(=O)n(Cc3ccc(CN)cc3)c2n1. The number of hydrogen-bond donors (Lipinski definition) is 5. The number of methoxy groups -OCH3 is 3. The van der Waals surface area contributed by atoms with Crippen LogP contribution in [0.1, 0.15) is 28.7 Å². The van der Waals surface area contributed by atoms with E-state index in [1.54, 1.807) is 14.2 Å². The normalized spacial score (nSPS) is 11.2. The number of imidazole rings is 2. The first kappa shape index (κ1) is 42.2. The Kier molecular flexibility index (Phi) is 14.8. The van der Waals surface area contributed by atoms with E-state index in [9.17, 15) is 19.2 Å². The molecule has 0 aliphatic carbocycles. The molecule has 0 saturated heterocycles. The lowest BCUT2D eigenvalue weighted by Crippen LogP contribution is -2.18. The number of allylic oxidation sites excluding steroid dienone is 1. The standard InChI is InChI=1S/C22H25N5O6.C16H20N6O3/c1-31-11-12-33-21-25-19(23)18-20(26-21)27(22(30)24-18)13-15-5-3-14(4-6-15)7-8-16(28)9-10-17(29)32-2;1-24-6-7-25-15-20-13(18)12-14(21-15)22(16(23)19-12)9-11-4-2-10(8-17)3-5-11/h3-6,9-10H,7-8,11-13H2,1-2H3,(H,24,30)(H2,23,25,26);2-5H,6-9,17H2,1H3,(H,19,23)(H2,18,20,21)/b10-9+;. The fourth-order valence-corrected chi connectivity index (χ4v) is 5.45. The van der Waals surface area contributed by atoms with E-state index in [2.05, 4.69) is 34.6 Å². The number of ketones is 1. The Labute approximate surface area is 331 Å². The number of benzene rings is 2. The van der Waals surface area contributed by atoms with Crippen LogP contribution in [0.25, 0.3) is 22.3 Å². The van der Waals surface area contributed by atoms with Crippen molar-refractivity contribution in [3.05, 3.63) is 104 Å². The van der Waals surface area contributed by atoms with E-state index in [0.717, 1.165) is 28.3 Å². The molecule has 0 bridgehead atoms.